The van der Waals surface area contributed by atoms with E-state index in [9.17, 15) is 0 Å². The fourth-order valence-electron chi connectivity index (χ4n) is 10.2. The molecule has 60 heavy (non-hydrogen) atoms. The number of nitrogens with zero attached hydrogens (tertiary/aromatic N) is 2. The van der Waals surface area contributed by atoms with Gasteiger partial charge < -0.3 is 9.13 Å². The van der Waals surface area contributed by atoms with Crippen LogP contribution < -0.4 is 0 Å². The first-order valence-electron chi connectivity index (χ1n) is 21.2. The average Bonchev–Trinajstić information content (AvgIpc) is 3.85. The fourth-order valence-corrected chi connectivity index (χ4v) is 10.2. The standard InChI is InChI=1S/C58H44N2/c1-2-59-49-36-22-21-35-47(49)48-39-46(37-38-50(48)59)60-57(44-31-17-7-18-32-44)55-53(42-27-13-5-14-28-42)51(40-23-9-3-10-24-40)52(41-25-11-4-12-26-41)54(43-29-15-6-16-30-43)56(55)58(60)45-33-19-8-20-34-45/h3-39,51,53H,2H2,1H3. The normalized spacial score (nSPS) is 15.1. The predicted octanol–water partition coefficient (Wildman–Crippen LogP) is 14.8. The minimum atomic E-state index is -0.0316. The second-order valence-electron chi connectivity index (χ2n) is 15.8. The van der Waals surface area contributed by atoms with Crippen LogP contribution in [0.1, 0.15) is 52.1 Å². The molecule has 0 saturated carbocycles. The summed E-state index contributed by atoms with van der Waals surface area (Å²) in [7, 11) is 0. The lowest BCUT2D eigenvalue weighted by molar-refractivity contribution is 0.722. The molecule has 0 saturated heterocycles. The molecule has 286 valence electrons. The zero-order valence-electron chi connectivity index (χ0n) is 33.6. The summed E-state index contributed by atoms with van der Waals surface area (Å²) < 4.78 is 5.06. The van der Waals surface area contributed by atoms with Crippen molar-refractivity contribution in [3.63, 3.8) is 0 Å². The van der Waals surface area contributed by atoms with E-state index in [2.05, 4.69) is 241 Å². The third-order valence-corrected chi connectivity index (χ3v) is 12.6. The largest absolute Gasteiger partial charge is 0.341 e. The third kappa shape index (κ3) is 5.79. The monoisotopic (exact) mass is 768 g/mol. The van der Waals surface area contributed by atoms with E-state index in [-0.39, 0.29) is 11.8 Å². The molecule has 0 spiro atoms. The Morgan fingerprint density at radius 1 is 0.400 bits per heavy atom. The Kier molecular flexibility index (Phi) is 8.97. The SMILES string of the molecule is CCn1c2ccccc2c2cc(-n3c(-c4ccccc4)c4c(c3-c3ccccc3)C(c3ccccc3)C(c3ccccc3)C(c3ccccc3)=C4c3ccccc3)ccc21. The van der Waals surface area contributed by atoms with Crippen molar-refractivity contribution in [1.82, 2.24) is 9.13 Å². The van der Waals surface area contributed by atoms with Gasteiger partial charge in [-0.1, -0.05) is 200 Å². The molecule has 2 nitrogen and oxygen atoms in total. The van der Waals surface area contributed by atoms with Gasteiger partial charge in [-0.15, -0.1) is 0 Å². The summed E-state index contributed by atoms with van der Waals surface area (Å²) in [5.41, 5.74) is 18.7. The van der Waals surface area contributed by atoms with Crippen molar-refractivity contribution in [3.8, 4) is 28.2 Å². The quantitative estimate of drug-likeness (QED) is 0.146. The molecular formula is C58H44N2. The number of hydrogen-bond acceptors (Lipinski definition) is 0. The molecule has 0 fully saturated rings. The van der Waals surface area contributed by atoms with Gasteiger partial charge in [-0.25, -0.2) is 0 Å². The predicted molar refractivity (Wildman–Crippen MR) is 252 cm³/mol. The molecule has 2 aromatic heterocycles. The van der Waals surface area contributed by atoms with E-state index >= 15 is 0 Å². The zero-order valence-corrected chi connectivity index (χ0v) is 33.6. The molecule has 0 bridgehead atoms. The van der Waals surface area contributed by atoms with Crippen molar-refractivity contribution < 1.29 is 0 Å². The summed E-state index contributed by atoms with van der Waals surface area (Å²) in [5.74, 6) is -0.0402. The van der Waals surface area contributed by atoms with Crippen molar-refractivity contribution in [1.29, 1.82) is 0 Å². The highest BCUT2D eigenvalue weighted by atomic mass is 15.0. The minimum absolute atomic E-state index is 0.00866. The van der Waals surface area contributed by atoms with E-state index in [0.29, 0.717) is 0 Å². The van der Waals surface area contributed by atoms with Crippen molar-refractivity contribution in [2.24, 2.45) is 0 Å². The Labute approximate surface area is 352 Å². The first-order valence-corrected chi connectivity index (χ1v) is 21.2. The van der Waals surface area contributed by atoms with Gasteiger partial charge in [0.2, 0.25) is 0 Å². The van der Waals surface area contributed by atoms with E-state index in [1.165, 1.54) is 88.8 Å². The van der Waals surface area contributed by atoms with Crippen LogP contribution in [0.2, 0.25) is 0 Å². The van der Waals surface area contributed by atoms with Crippen molar-refractivity contribution >= 4 is 33.0 Å². The van der Waals surface area contributed by atoms with Crippen LogP contribution >= 0.6 is 0 Å². The molecule has 2 heteroatoms. The summed E-state index contributed by atoms with van der Waals surface area (Å²) in [6.07, 6.45) is 0. The molecule has 8 aromatic carbocycles. The molecule has 2 heterocycles. The molecule has 1 aliphatic rings. The van der Waals surface area contributed by atoms with Crippen LogP contribution in [0.15, 0.2) is 224 Å². The van der Waals surface area contributed by atoms with Crippen LogP contribution in [0.5, 0.6) is 0 Å². The summed E-state index contributed by atoms with van der Waals surface area (Å²) in [6, 6.07) is 83.1. The number of benzene rings is 8. The van der Waals surface area contributed by atoms with Crippen LogP contribution in [0.25, 0.3) is 61.2 Å². The Morgan fingerprint density at radius 2 is 0.867 bits per heavy atom. The van der Waals surface area contributed by atoms with Crippen LogP contribution in [-0.4, -0.2) is 9.13 Å². The van der Waals surface area contributed by atoms with Crippen molar-refractivity contribution in [2.75, 3.05) is 0 Å². The van der Waals surface area contributed by atoms with E-state index in [4.69, 9.17) is 0 Å². The molecule has 10 aromatic rings. The van der Waals surface area contributed by atoms with Crippen molar-refractivity contribution in [3.05, 3.63) is 258 Å². The van der Waals surface area contributed by atoms with Gasteiger partial charge in [-0.05, 0) is 81.3 Å². The topological polar surface area (TPSA) is 9.86 Å². The number of allylic oxidation sites excluding steroid dienone is 1. The highest BCUT2D eigenvalue weighted by molar-refractivity contribution is 6.11. The maximum atomic E-state index is 2.61. The van der Waals surface area contributed by atoms with Gasteiger partial charge in [0.15, 0.2) is 0 Å². The molecule has 2 unspecified atom stereocenters. The maximum absolute atomic E-state index is 2.61. The number of fused-ring (bicyclic) bond motifs is 4. The highest BCUT2D eigenvalue weighted by Crippen LogP contribution is 2.61. The van der Waals surface area contributed by atoms with Gasteiger partial charge >= 0.3 is 0 Å². The van der Waals surface area contributed by atoms with E-state index in [1.807, 2.05) is 0 Å². The second kappa shape index (κ2) is 15.1. The highest BCUT2D eigenvalue weighted by Gasteiger charge is 2.44. The average molecular weight is 769 g/mol. The Bertz CT molecular complexity index is 3140. The minimum Gasteiger partial charge on any atom is -0.341 e. The van der Waals surface area contributed by atoms with Crippen LogP contribution in [-0.2, 0) is 6.54 Å². The Morgan fingerprint density at radius 3 is 1.45 bits per heavy atom. The third-order valence-electron chi connectivity index (χ3n) is 12.6. The number of hydrogen-bond donors (Lipinski definition) is 0. The molecule has 0 amide bonds. The van der Waals surface area contributed by atoms with Crippen LogP contribution in [0, 0.1) is 0 Å². The van der Waals surface area contributed by atoms with E-state index in [1.54, 1.807) is 0 Å². The number of aryl methyl sites for hydroxylation is 1. The summed E-state index contributed by atoms with van der Waals surface area (Å²) in [4.78, 5) is 0. The Hall–Kier alpha value is -7.42. The van der Waals surface area contributed by atoms with E-state index in [0.717, 1.165) is 12.2 Å². The van der Waals surface area contributed by atoms with Crippen molar-refractivity contribution in [2.45, 2.75) is 25.3 Å². The van der Waals surface area contributed by atoms with Crippen LogP contribution in [0.3, 0.4) is 0 Å². The summed E-state index contributed by atoms with van der Waals surface area (Å²) >= 11 is 0. The van der Waals surface area contributed by atoms with Gasteiger partial charge in [0.25, 0.3) is 0 Å². The van der Waals surface area contributed by atoms with E-state index < -0.39 is 0 Å². The van der Waals surface area contributed by atoms with Gasteiger partial charge in [0.1, 0.15) is 0 Å². The molecule has 0 radical (unpaired) electrons. The lowest BCUT2D eigenvalue weighted by Gasteiger charge is -2.38. The lowest BCUT2D eigenvalue weighted by atomic mass is 9.63. The molecule has 0 N–H and O–H groups in total. The fraction of sp³-hybridized carbons (Fsp3) is 0.0690. The smallest absolute Gasteiger partial charge is 0.0616 e. The first kappa shape index (κ1) is 35.7. The molecule has 1 aliphatic carbocycles. The summed E-state index contributed by atoms with van der Waals surface area (Å²) in [5, 5.41) is 2.54. The summed E-state index contributed by atoms with van der Waals surface area (Å²) in [6.45, 7) is 3.15. The molecule has 0 aliphatic heterocycles. The zero-order chi connectivity index (χ0) is 40.0. The van der Waals surface area contributed by atoms with Gasteiger partial charge in [-0.2, -0.15) is 0 Å². The number of rotatable bonds is 8. The number of para-hydroxylation sites is 1. The van der Waals surface area contributed by atoms with Crippen LogP contribution in [0.4, 0.5) is 0 Å². The van der Waals surface area contributed by atoms with Gasteiger partial charge in [0.05, 0.1) is 11.4 Å². The molecule has 2 atom stereocenters. The van der Waals surface area contributed by atoms with Gasteiger partial charge in [-0.3, -0.25) is 0 Å². The lowest BCUT2D eigenvalue weighted by Crippen LogP contribution is -2.22. The first-order chi connectivity index (χ1) is 29.8. The molecular weight excluding hydrogens is 725 g/mol. The number of aromatic nitrogens is 2. The molecule has 11 rings (SSSR count). The second-order valence-corrected chi connectivity index (χ2v) is 15.8. The van der Waals surface area contributed by atoms with Gasteiger partial charge in [0, 0.05) is 51.4 Å². The Balaban J connectivity index is 1.39. The maximum Gasteiger partial charge on any atom is 0.0616 e.